The second-order valence-corrected chi connectivity index (χ2v) is 7.87. The predicted octanol–water partition coefficient (Wildman–Crippen LogP) is 3.28. The van der Waals surface area contributed by atoms with Gasteiger partial charge < -0.3 is 9.80 Å². The Morgan fingerprint density at radius 3 is 2.12 bits per heavy atom. The number of halogens is 1. The van der Waals surface area contributed by atoms with Gasteiger partial charge in [-0.15, -0.1) is 0 Å². The van der Waals surface area contributed by atoms with Crippen molar-refractivity contribution in [1.82, 2.24) is 9.80 Å². The first-order valence-electron chi connectivity index (χ1n) is 9.41. The highest BCUT2D eigenvalue weighted by Gasteiger charge is 2.48. The molecule has 0 radical (unpaired) electrons. The molecule has 1 atom stereocenters. The summed E-state index contributed by atoms with van der Waals surface area (Å²) in [4.78, 5) is 29.7. The van der Waals surface area contributed by atoms with E-state index in [0.29, 0.717) is 5.92 Å². The number of carbonyl (C=O) groups excluding carboxylic acids is 2. The van der Waals surface area contributed by atoms with Crippen LogP contribution in [-0.4, -0.2) is 40.2 Å². The van der Waals surface area contributed by atoms with Gasteiger partial charge >= 0.3 is 0 Å². The number of amides is 2. The first kappa shape index (κ1) is 16.6. The van der Waals surface area contributed by atoms with Crippen LogP contribution in [0.3, 0.4) is 0 Å². The summed E-state index contributed by atoms with van der Waals surface area (Å²) in [7, 11) is 0. The minimum atomic E-state index is -0.589. The molecule has 0 N–H and O–H groups in total. The third-order valence-corrected chi connectivity index (χ3v) is 5.94. The minimum Gasteiger partial charge on any atom is -0.328 e. The number of rotatable bonds is 3. The third-order valence-electron chi connectivity index (χ3n) is 5.94. The summed E-state index contributed by atoms with van der Waals surface area (Å²) in [6.07, 6.45) is 6.07. The number of piperazine rings is 1. The lowest BCUT2D eigenvalue weighted by Gasteiger charge is -2.45. The van der Waals surface area contributed by atoms with Crippen molar-refractivity contribution in [3.8, 4) is 0 Å². The molecule has 3 fully saturated rings. The van der Waals surface area contributed by atoms with Crippen molar-refractivity contribution in [2.75, 3.05) is 6.54 Å². The molecule has 4 rings (SSSR count). The Balaban J connectivity index is 1.63. The highest BCUT2D eigenvalue weighted by molar-refractivity contribution is 5.96. The average Bonchev–Trinajstić information content (AvgIpc) is 3.43. The quantitative estimate of drug-likeness (QED) is 0.844. The fourth-order valence-electron chi connectivity index (χ4n) is 4.30. The van der Waals surface area contributed by atoms with E-state index in [2.05, 4.69) is 6.92 Å². The van der Waals surface area contributed by atoms with Gasteiger partial charge in [0.25, 0.3) is 5.91 Å². The first-order chi connectivity index (χ1) is 12.0. The Morgan fingerprint density at radius 2 is 1.52 bits per heavy atom. The zero-order valence-corrected chi connectivity index (χ0v) is 14.7. The van der Waals surface area contributed by atoms with E-state index in [9.17, 15) is 14.0 Å². The molecule has 1 saturated heterocycles. The zero-order valence-electron chi connectivity index (χ0n) is 14.7. The van der Waals surface area contributed by atoms with E-state index in [1.807, 2.05) is 0 Å². The van der Waals surface area contributed by atoms with E-state index in [1.165, 1.54) is 12.1 Å². The summed E-state index contributed by atoms with van der Waals surface area (Å²) >= 11 is 0. The molecule has 2 saturated carbocycles. The summed E-state index contributed by atoms with van der Waals surface area (Å²) < 4.78 is 13.3. The molecule has 1 heterocycles. The molecule has 1 aromatic rings. The van der Waals surface area contributed by atoms with Crippen molar-refractivity contribution < 1.29 is 14.0 Å². The molecule has 4 nitrogen and oxygen atoms in total. The van der Waals surface area contributed by atoms with Crippen molar-refractivity contribution in [2.24, 2.45) is 5.92 Å². The Hall–Kier alpha value is -1.91. The molecule has 0 aromatic heterocycles. The first-order valence-corrected chi connectivity index (χ1v) is 9.41. The van der Waals surface area contributed by atoms with Crippen molar-refractivity contribution in [3.63, 3.8) is 0 Å². The van der Waals surface area contributed by atoms with Gasteiger partial charge in [0.05, 0.1) is 0 Å². The zero-order chi connectivity index (χ0) is 17.6. The minimum absolute atomic E-state index is 0.0117. The van der Waals surface area contributed by atoms with Gasteiger partial charge in [-0.05, 0) is 62.1 Å². The van der Waals surface area contributed by atoms with Crippen LogP contribution < -0.4 is 0 Å². The Morgan fingerprint density at radius 1 is 0.920 bits per heavy atom. The maximum Gasteiger partial charge on any atom is 0.250 e. The summed E-state index contributed by atoms with van der Waals surface area (Å²) in [5.41, 5.74) is 0.723. The van der Waals surface area contributed by atoms with Gasteiger partial charge in [-0.1, -0.05) is 19.1 Å². The lowest BCUT2D eigenvalue weighted by Crippen LogP contribution is -2.59. The van der Waals surface area contributed by atoms with E-state index >= 15 is 0 Å². The van der Waals surface area contributed by atoms with Crippen LogP contribution in [0.5, 0.6) is 0 Å². The van der Waals surface area contributed by atoms with Crippen LogP contribution in [0.25, 0.3) is 0 Å². The maximum absolute atomic E-state index is 13.3. The van der Waals surface area contributed by atoms with Gasteiger partial charge in [-0.25, -0.2) is 4.39 Å². The Labute approximate surface area is 148 Å². The van der Waals surface area contributed by atoms with Crippen molar-refractivity contribution in [1.29, 1.82) is 0 Å². The molecule has 1 aromatic carbocycles. The lowest BCUT2D eigenvalue weighted by molar-refractivity contribution is -0.160. The van der Waals surface area contributed by atoms with Gasteiger partial charge in [0.2, 0.25) is 5.91 Å². The number of nitrogens with zero attached hydrogens (tertiary/aromatic N) is 2. The highest BCUT2D eigenvalue weighted by atomic mass is 19.1. The average molecular weight is 344 g/mol. The number of carbonyl (C=O) groups is 2. The molecule has 3 aliphatic rings. The van der Waals surface area contributed by atoms with Crippen LogP contribution in [0, 0.1) is 11.7 Å². The van der Waals surface area contributed by atoms with Gasteiger partial charge in [-0.2, -0.15) is 0 Å². The lowest BCUT2D eigenvalue weighted by atomic mass is 9.85. The van der Waals surface area contributed by atoms with Crippen LogP contribution in [-0.2, 0) is 9.59 Å². The summed E-state index contributed by atoms with van der Waals surface area (Å²) in [6, 6.07) is 5.78. The molecular weight excluding hydrogens is 319 g/mol. The normalized spacial score (nSPS) is 30.7. The molecule has 2 aliphatic carbocycles. The fraction of sp³-hybridized carbons (Fsp3) is 0.600. The van der Waals surface area contributed by atoms with Crippen LogP contribution >= 0.6 is 0 Å². The molecule has 1 unspecified atom stereocenters. The second-order valence-electron chi connectivity index (χ2n) is 7.87. The molecule has 134 valence electrons. The Kier molecular flexibility index (Phi) is 4.26. The van der Waals surface area contributed by atoms with Gasteiger partial charge in [0, 0.05) is 12.1 Å². The van der Waals surface area contributed by atoms with Crippen molar-refractivity contribution in [2.45, 2.75) is 63.6 Å². The molecule has 25 heavy (non-hydrogen) atoms. The number of hydrogen-bond acceptors (Lipinski definition) is 2. The van der Waals surface area contributed by atoms with E-state index in [1.54, 1.807) is 21.9 Å². The van der Waals surface area contributed by atoms with E-state index < -0.39 is 6.04 Å². The molecule has 5 heteroatoms. The number of hydrogen-bond donors (Lipinski definition) is 0. The summed E-state index contributed by atoms with van der Waals surface area (Å²) in [6.45, 7) is 2.45. The van der Waals surface area contributed by atoms with Gasteiger partial charge in [0.15, 0.2) is 0 Å². The monoisotopic (exact) mass is 344 g/mol. The SMILES string of the molecule is CC1CCC(N2CC(=O)N(C3CC3)C(c3ccc(F)cc3)C2=O)CC1. The Bertz CT molecular complexity index is 663. The predicted molar refractivity (Wildman–Crippen MR) is 92.1 cm³/mol. The van der Waals surface area contributed by atoms with Gasteiger partial charge in [-0.3, -0.25) is 9.59 Å². The third kappa shape index (κ3) is 3.16. The molecule has 2 amide bonds. The van der Waals surface area contributed by atoms with Gasteiger partial charge in [0.1, 0.15) is 18.4 Å². The van der Waals surface area contributed by atoms with Crippen LogP contribution in [0.15, 0.2) is 24.3 Å². The molecular formula is C20H25FN2O2. The topological polar surface area (TPSA) is 40.6 Å². The van der Waals surface area contributed by atoms with E-state index in [0.717, 1.165) is 44.1 Å². The van der Waals surface area contributed by atoms with E-state index in [-0.39, 0.29) is 36.3 Å². The maximum atomic E-state index is 13.3. The molecule has 0 bridgehead atoms. The standard InChI is InChI=1S/C20H25FN2O2/c1-13-2-8-16(9-3-13)22-12-18(24)23(17-10-11-17)19(20(22)25)14-4-6-15(21)7-5-14/h4-7,13,16-17,19H,2-3,8-12H2,1H3. The summed E-state index contributed by atoms with van der Waals surface area (Å²) in [5, 5.41) is 0. The number of benzene rings is 1. The van der Waals surface area contributed by atoms with Crippen molar-refractivity contribution >= 4 is 11.8 Å². The van der Waals surface area contributed by atoms with Crippen molar-refractivity contribution in [3.05, 3.63) is 35.6 Å². The smallest absolute Gasteiger partial charge is 0.250 e. The van der Waals surface area contributed by atoms with E-state index in [4.69, 9.17) is 0 Å². The molecule has 1 aliphatic heterocycles. The van der Waals surface area contributed by atoms with Crippen LogP contribution in [0.1, 0.15) is 57.1 Å². The fourth-order valence-corrected chi connectivity index (χ4v) is 4.30. The molecule has 0 spiro atoms. The largest absolute Gasteiger partial charge is 0.328 e. The van der Waals surface area contributed by atoms with Crippen LogP contribution in [0.2, 0.25) is 0 Å². The van der Waals surface area contributed by atoms with Crippen LogP contribution in [0.4, 0.5) is 4.39 Å². The second kappa shape index (κ2) is 6.43. The summed E-state index contributed by atoms with van der Waals surface area (Å²) in [5.74, 6) is 0.421. The highest BCUT2D eigenvalue weighted by Crippen LogP contribution is 2.39.